The highest BCUT2D eigenvalue weighted by molar-refractivity contribution is 6.08. The second-order valence-electron chi connectivity index (χ2n) is 9.65. The van der Waals surface area contributed by atoms with Gasteiger partial charge in [0.1, 0.15) is 11.6 Å². The maximum absolute atomic E-state index is 15.4. The summed E-state index contributed by atoms with van der Waals surface area (Å²) in [6, 6.07) is 26.1. The van der Waals surface area contributed by atoms with Gasteiger partial charge in [0.05, 0.1) is 22.2 Å². The molecule has 0 aliphatic carbocycles. The number of carbonyl (C=O) groups is 2. The molecule has 0 aliphatic heterocycles. The van der Waals surface area contributed by atoms with Crippen molar-refractivity contribution in [3.8, 4) is 11.1 Å². The molecule has 0 saturated carbocycles. The molecule has 0 spiro atoms. The van der Waals surface area contributed by atoms with E-state index in [1.165, 1.54) is 24.3 Å². The first kappa shape index (κ1) is 25.9. The zero-order chi connectivity index (χ0) is 28.5. The molecule has 0 atom stereocenters. The number of aromatic nitrogens is 1. The molecule has 0 radical (unpaired) electrons. The summed E-state index contributed by atoms with van der Waals surface area (Å²) in [6.07, 6.45) is 0.0937. The van der Waals surface area contributed by atoms with Crippen molar-refractivity contribution in [1.82, 2.24) is 10.5 Å². The monoisotopic (exact) mass is 548 g/mol. The van der Waals surface area contributed by atoms with Crippen LogP contribution in [0.1, 0.15) is 37.5 Å². The molecular weight excluding hydrogens is 526 g/mol. The number of amides is 1. The summed E-state index contributed by atoms with van der Waals surface area (Å²) in [5.41, 5.74) is 3.54. The summed E-state index contributed by atoms with van der Waals surface area (Å²) in [6.45, 7) is 0.140. The van der Waals surface area contributed by atoms with Crippen LogP contribution in [0.5, 0.6) is 0 Å². The second-order valence-corrected chi connectivity index (χ2v) is 9.65. The van der Waals surface area contributed by atoms with E-state index in [0.29, 0.717) is 44.3 Å². The first-order chi connectivity index (χ1) is 19.9. The third-order valence-electron chi connectivity index (χ3n) is 7.02. The third kappa shape index (κ3) is 5.15. The quantitative estimate of drug-likeness (QED) is 0.221. The van der Waals surface area contributed by atoms with Crippen LogP contribution in [0.4, 0.5) is 8.78 Å². The average Bonchev–Trinajstić information content (AvgIpc) is 3.40. The van der Waals surface area contributed by atoms with Gasteiger partial charge in [0.2, 0.25) is 0 Å². The Labute approximate surface area is 232 Å². The molecule has 6 aromatic rings. The van der Waals surface area contributed by atoms with E-state index >= 15 is 4.39 Å². The number of hydrogen-bond donors (Lipinski definition) is 2. The van der Waals surface area contributed by atoms with Gasteiger partial charge in [-0.05, 0) is 64.0 Å². The van der Waals surface area contributed by atoms with Crippen LogP contribution in [0.25, 0.3) is 32.9 Å². The minimum absolute atomic E-state index is 0.0937. The van der Waals surface area contributed by atoms with E-state index < -0.39 is 11.9 Å². The average molecular weight is 549 g/mol. The molecule has 0 fully saturated rings. The van der Waals surface area contributed by atoms with Crippen molar-refractivity contribution in [2.24, 2.45) is 0 Å². The van der Waals surface area contributed by atoms with Gasteiger partial charge in [0, 0.05) is 18.4 Å². The van der Waals surface area contributed by atoms with E-state index in [4.69, 9.17) is 9.63 Å². The molecule has 0 aliphatic rings. The summed E-state index contributed by atoms with van der Waals surface area (Å²) in [7, 11) is 0. The number of fused-ring (bicyclic) bond motifs is 2. The minimum atomic E-state index is -1.04. The number of aromatic carboxylic acids is 1. The molecule has 1 heterocycles. The fourth-order valence-corrected chi connectivity index (χ4v) is 4.88. The zero-order valence-corrected chi connectivity index (χ0v) is 21.5. The van der Waals surface area contributed by atoms with Crippen LogP contribution >= 0.6 is 0 Å². The van der Waals surface area contributed by atoms with Gasteiger partial charge in [0.15, 0.2) is 5.58 Å². The van der Waals surface area contributed by atoms with Crippen LogP contribution in [0.2, 0.25) is 0 Å². The number of hydrogen-bond acceptors (Lipinski definition) is 4. The fraction of sp³-hybridized carbons (Fsp3) is 0.0606. The van der Waals surface area contributed by atoms with Crippen LogP contribution in [-0.2, 0) is 13.0 Å². The van der Waals surface area contributed by atoms with Crippen LogP contribution in [0.15, 0.2) is 102 Å². The van der Waals surface area contributed by atoms with Crippen molar-refractivity contribution in [2.45, 2.75) is 13.0 Å². The Morgan fingerprint density at radius 2 is 1.61 bits per heavy atom. The Balaban J connectivity index is 1.39. The molecule has 1 amide bonds. The topological polar surface area (TPSA) is 92.4 Å². The Morgan fingerprint density at radius 1 is 0.854 bits per heavy atom. The van der Waals surface area contributed by atoms with Crippen molar-refractivity contribution in [3.63, 3.8) is 0 Å². The van der Waals surface area contributed by atoms with Gasteiger partial charge >= 0.3 is 5.97 Å². The van der Waals surface area contributed by atoms with Crippen LogP contribution in [0, 0.1) is 11.6 Å². The summed E-state index contributed by atoms with van der Waals surface area (Å²) in [4.78, 5) is 24.7. The van der Waals surface area contributed by atoms with Gasteiger partial charge in [-0.15, -0.1) is 0 Å². The van der Waals surface area contributed by atoms with Crippen LogP contribution in [-0.4, -0.2) is 22.1 Å². The molecule has 2 N–H and O–H groups in total. The Bertz CT molecular complexity index is 1930. The SMILES string of the molecule is O=C(O)c1ccc(CNC(=O)c2cc(-c3ccc(F)cc3)cc3onc(Cc4ccc5ccccc5c4F)c23)cc1. The number of benzene rings is 5. The smallest absolute Gasteiger partial charge is 0.335 e. The lowest BCUT2D eigenvalue weighted by molar-refractivity contribution is 0.0696. The Hall–Kier alpha value is -5.37. The second kappa shape index (κ2) is 10.7. The number of rotatable bonds is 7. The van der Waals surface area contributed by atoms with E-state index in [2.05, 4.69) is 10.5 Å². The summed E-state index contributed by atoms with van der Waals surface area (Å²) in [5, 5.41) is 17.9. The minimum Gasteiger partial charge on any atom is -0.478 e. The van der Waals surface area contributed by atoms with Crippen molar-refractivity contribution >= 4 is 33.6 Å². The Morgan fingerprint density at radius 3 is 2.37 bits per heavy atom. The van der Waals surface area contributed by atoms with Gasteiger partial charge in [-0.3, -0.25) is 4.79 Å². The predicted molar refractivity (Wildman–Crippen MR) is 151 cm³/mol. The Kier molecular flexibility index (Phi) is 6.73. The molecule has 1 aromatic heterocycles. The maximum atomic E-state index is 15.4. The van der Waals surface area contributed by atoms with E-state index in [1.807, 2.05) is 18.2 Å². The number of carboxylic acid groups (broad SMARTS) is 1. The molecule has 0 saturated heterocycles. The van der Waals surface area contributed by atoms with Crippen molar-refractivity contribution in [3.05, 3.63) is 137 Å². The van der Waals surface area contributed by atoms with Gasteiger partial charge in [-0.2, -0.15) is 0 Å². The number of halogens is 2. The van der Waals surface area contributed by atoms with Gasteiger partial charge in [-0.1, -0.05) is 65.8 Å². The van der Waals surface area contributed by atoms with Gasteiger partial charge < -0.3 is 14.9 Å². The van der Waals surface area contributed by atoms with Crippen molar-refractivity contribution in [2.75, 3.05) is 0 Å². The molecule has 6 nitrogen and oxygen atoms in total. The van der Waals surface area contributed by atoms with Crippen LogP contribution < -0.4 is 5.32 Å². The molecule has 0 bridgehead atoms. The van der Waals surface area contributed by atoms with E-state index in [1.54, 1.807) is 54.6 Å². The largest absolute Gasteiger partial charge is 0.478 e. The molecule has 8 heteroatoms. The summed E-state index contributed by atoms with van der Waals surface area (Å²) >= 11 is 0. The lowest BCUT2D eigenvalue weighted by atomic mass is 9.96. The molecule has 202 valence electrons. The number of nitrogens with zero attached hydrogens (tertiary/aromatic N) is 1. The lowest BCUT2D eigenvalue weighted by Crippen LogP contribution is -2.23. The van der Waals surface area contributed by atoms with E-state index in [0.717, 1.165) is 5.39 Å². The molecule has 6 rings (SSSR count). The maximum Gasteiger partial charge on any atom is 0.335 e. The highest BCUT2D eigenvalue weighted by Crippen LogP contribution is 2.32. The van der Waals surface area contributed by atoms with Crippen LogP contribution in [0.3, 0.4) is 0 Å². The fourth-order valence-electron chi connectivity index (χ4n) is 4.88. The number of carbonyl (C=O) groups excluding carboxylic acids is 1. The third-order valence-corrected chi connectivity index (χ3v) is 7.02. The summed E-state index contributed by atoms with van der Waals surface area (Å²) < 4.78 is 34.6. The molecule has 41 heavy (non-hydrogen) atoms. The number of nitrogens with one attached hydrogen (secondary N) is 1. The predicted octanol–water partition coefficient (Wildman–Crippen LogP) is 7.15. The molecular formula is C33H22F2N2O4. The first-order valence-corrected chi connectivity index (χ1v) is 12.8. The van der Waals surface area contributed by atoms with Crippen molar-refractivity contribution < 1.29 is 28.0 Å². The first-order valence-electron chi connectivity index (χ1n) is 12.8. The zero-order valence-electron chi connectivity index (χ0n) is 21.5. The summed E-state index contributed by atoms with van der Waals surface area (Å²) in [5.74, 6) is -2.22. The highest BCUT2D eigenvalue weighted by atomic mass is 19.1. The standard InChI is InChI=1S/C33H22F2N2O4/c34-25-13-11-20(12-14-25)24-15-27(32(38)36-18-19-5-7-22(8-6-19)33(39)40)30-28(37-41-29(30)17-24)16-23-10-9-21-3-1-2-4-26(21)31(23)35/h1-15,17H,16,18H2,(H,36,38)(H,39,40). The molecule has 5 aromatic carbocycles. The molecule has 0 unspecified atom stereocenters. The van der Waals surface area contributed by atoms with Gasteiger partial charge in [0.25, 0.3) is 5.91 Å². The van der Waals surface area contributed by atoms with Gasteiger partial charge in [-0.25, -0.2) is 13.6 Å². The number of carboxylic acids is 1. The van der Waals surface area contributed by atoms with Crippen molar-refractivity contribution in [1.29, 1.82) is 0 Å². The van der Waals surface area contributed by atoms with E-state index in [9.17, 15) is 14.0 Å². The lowest BCUT2D eigenvalue weighted by Gasteiger charge is -2.11. The normalized spacial score (nSPS) is 11.2. The van der Waals surface area contributed by atoms with E-state index in [-0.39, 0.29) is 35.7 Å². The highest BCUT2D eigenvalue weighted by Gasteiger charge is 2.21.